The Hall–Kier alpha value is -2.86. The first-order valence-corrected chi connectivity index (χ1v) is 10.5. The van der Waals surface area contributed by atoms with Gasteiger partial charge < -0.3 is 9.84 Å². The van der Waals surface area contributed by atoms with Gasteiger partial charge in [-0.15, -0.1) is 11.3 Å². The highest BCUT2D eigenvalue weighted by molar-refractivity contribution is 7.13. The normalized spacial score (nSPS) is 10.8. The number of halogens is 2. The van der Waals surface area contributed by atoms with Crippen LogP contribution in [0, 0.1) is 0 Å². The summed E-state index contributed by atoms with van der Waals surface area (Å²) >= 11 is 13.5. The number of carbonyl (C=O) groups is 1. The second-order valence-corrected chi connectivity index (χ2v) is 8.08. The van der Waals surface area contributed by atoms with E-state index in [4.69, 9.17) is 27.9 Å². The fraction of sp³-hybridized carbons (Fsp3) is 0.0435. The van der Waals surface area contributed by atoms with Crippen LogP contribution in [-0.2, 0) is 0 Å². The number of aromatic carboxylic acids is 1. The first kappa shape index (κ1) is 20.4. The second kappa shape index (κ2) is 8.48. The number of nitrogens with zero attached hydrogens (tertiary/aromatic N) is 1. The van der Waals surface area contributed by atoms with Crippen LogP contribution in [0.25, 0.3) is 33.0 Å². The van der Waals surface area contributed by atoms with Crippen LogP contribution in [0.1, 0.15) is 10.4 Å². The molecule has 0 radical (unpaired) electrons. The maximum Gasteiger partial charge on any atom is 0.340 e. The smallest absolute Gasteiger partial charge is 0.340 e. The molecule has 0 aliphatic rings. The zero-order valence-corrected chi connectivity index (χ0v) is 18.1. The molecule has 1 heterocycles. The summed E-state index contributed by atoms with van der Waals surface area (Å²) < 4.78 is 5.55. The van der Waals surface area contributed by atoms with E-state index in [9.17, 15) is 9.90 Å². The summed E-state index contributed by atoms with van der Waals surface area (Å²) in [5, 5.41) is 13.4. The van der Waals surface area contributed by atoms with E-state index in [-0.39, 0.29) is 11.3 Å². The lowest BCUT2D eigenvalue weighted by Crippen LogP contribution is -2.05. The number of aromatic nitrogens is 1. The Morgan fingerprint density at radius 3 is 2.37 bits per heavy atom. The van der Waals surface area contributed by atoms with Crippen molar-refractivity contribution in [3.63, 3.8) is 0 Å². The van der Waals surface area contributed by atoms with Crippen molar-refractivity contribution in [1.29, 1.82) is 0 Å². The summed E-state index contributed by atoms with van der Waals surface area (Å²) in [6.07, 6.45) is 0. The van der Waals surface area contributed by atoms with Gasteiger partial charge >= 0.3 is 5.97 Å². The second-order valence-electron chi connectivity index (χ2n) is 6.41. The minimum absolute atomic E-state index is 0.104. The van der Waals surface area contributed by atoms with E-state index in [0.717, 1.165) is 16.8 Å². The number of methoxy groups -OCH3 is 1. The molecule has 0 saturated carbocycles. The van der Waals surface area contributed by atoms with E-state index in [2.05, 4.69) is 4.98 Å². The number of thiazole rings is 1. The summed E-state index contributed by atoms with van der Waals surface area (Å²) in [5.74, 6) is -0.785. The van der Waals surface area contributed by atoms with Crippen LogP contribution in [0.3, 0.4) is 0 Å². The topological polar surface area (TPSA) is 59.4 Å². The number of carboxylic acids is 1. The lowest BCUT2D eigenvalue weighted by atomic mass is 9.96. The molecule has 4 rings (SSSR count). The SMILES string of the molecule is COc1c(-c2nc(-c3ccc(Cl)c(Cl)c3)cs2)ccc(-c2ccccc2)c1C(=O)O. The van der Waals surface area contributed by atoms with Gasteiger partial charge in [0.2, 0.25) is 0 Å². The van der Waals surface area contributed by atoms with Crippen molar-refractivity contribution >= 4 is 40.5 Å². The van der Waals surface area contributed by atoms with Crippen molar-refractivity contribution in [2.75, 3.05) is 7.11 Å². The molecule has 0 saturated heterocycles. The van der Waals surface area contributed by atoms with Gasteiger partial charge in [-0.3, -0.25) is 0 Å². The monoisotopic (exact) mass is 455 g/mol. The molecule has 150 valence electrons. The number of benzene rings is 3. The highest BCUT2D eigenvalue weighted by Gasteiger charge is 2.23. The first-order valence-electron chi connectivity index (χ1n) is 8.90. The zero-order valence-electron chi connectivity index (χ0n) is 15.7. The third-order valence-electron chi connectivity index (χ3n) is 4.61. The van der Waals surface area contributed by atoms with Crippen LogP contribution in [0.15, 0.2) is 66.0 Å². The predicted octanol–water partition coefficient (Wildman–Crippen LogP) is 7.16. The Morgan fingerprint density at radius 1 is 0.967 bits per heavy atom. The van der Waals surface area contributed by atoms with E-state index < -0.39 is 5.97 Å². The van der Waals surface area contributed by atoms with Crippen molar-refractivity contribution in [3.05, 3.63) is 81.7 Å². The highest BCUT2D eigenvalue weighted by atomic mass is 35.5. The van der Waals surface area contributed by atoms with Gasteiger partial charge in [-0.2, -0.15) is 0 Å². The molecule has 1 aromatic heterocycles. The predicted molar refractivity (Wildman–Crippen MR) is 122 cm³/mol. The summed E-state index contributed by atoms with van der Waals surface area (Å²) in [6, 6.07) is 18.3. The maximum absolute atomic E-state index is 12.1. The molecule has 4 aromatic rings. The summed E-state index contributed by atoms with van der Waals surface area (Å²) in [6.45, 7) is 0. The van der Waals surface area contributed by atoms with Crippen LogP contribution in [-0.4, -0.2) is 23.2 Å². The molecule has 1 N–H and O–H groups in total. The zero-order chi connectivity index (χ0) is 21.3. The summed E-state index contributed by atoms with van der Waals surface area (Å²) in [5.41, 5.74) is 3.66. The fourth-order valence-corrected chi connectivity index (χ4v) is 4.37. The number of hydrogen-bond donors (Lipinski definition) is 1. The fourth-order valence-electron chi connectivity index (χ4n) is 3.22. The van der Waals surface area contributed by atoms with Crippen molar-refractivity contribution in [3.8, 4) is 38.7 Å². The van der Waals surface area contributed by atoms with Gasteiger partial charge in [-0.1, -0.05) is 65.7 Å². The average molecular weight is 456 g/mol. The van der Waals surface area contributed by atoms with Gasteiger partial charge in [0.05, 0.1) is 28.4 Å². The van der Waals surface area contributed by atoms with Crippen molar-refractivity contribution in [1.82, 2.24) is 4.98 Å². The van der Waals surface area contributed by atoms with E-state index >= 15 is 0 Å². The molecule has 3 aromatic carbocycles. The van der Waals surface area contributed by atoms with Crippen LogP contribution >= 0.6 is 34.5 Å². The Bertz CT molecular complexity index is 1240. The van der Waals surface area contributed by atoms with Gasteiger partial charge in [0.25, 0.3) is 0 Å². The standard InChI is InChI=1S/C23H15Cl2NO3S/c1-29-21-16(9-8-15(20(21)23(27)28)13-5-3-2-4-6-13)22-26-19(12-30-22)14-7-10-17(24)18(25)11-14/h2-12H,1H3,(H,27,28). The molecule has 0 unspecified atom stereocenters. The Balaban J connectivity index is 1.84. The molecule has 0 bridgehead atoms. The molecule has 0 aliphatic heterocycles. The van der Waals surface area contributed by atoms with Crippen LogP contribution < -0.4 is 4.74 Å². The van der Waals surface area contributed by atoms with Gasteiger partial charge in [0, 0.05) is 10.9 Å². The Kier molecular flexibility index (Phi) is 5.77. The van der Waals surface area contributed by atoms with Gasteiger partial charge in [0.1, 0.15) is 16.3 Å². The number of ether oxygens (including phenoxy) is 1. The minimum Gasteiger partial charge on any atom is -0.495 e. The number of hydrogen-bond acceptors (Lipinski definition) is 4. The molecular formula is C23H15Cl2NO3S. The molecular weight excluding hydrogens is 441 g/mol. The van der Waals surface area contributed by atoms with Crippen LogP contribution in [0.5, 0.6) is 5.75 Å². The first-order chi connectivity index (χ1) is 14.5. The molecule has 7 heteroatoms. The Labute approximate surface area is 187 Å². The molecule has 30 heavy (non-hydrogen) atoms. The summed E-state index contributed by atoms with van der Waals surface area (Å²) in [7, 11) is 1.47. The highest BCUT2D eigenvalue weighted by Crippen LogP contribution is 2.41. The minimum atomic E-state index is -1.06. The Morgan fingerprint density at radius 2 is 1.70 bits per heavy atom. The van der Waals surface area contributed by atoms with E-state index in [1.807, 2.05) is 47.8 Å². The van der Waals surface area contributed by atoms with Crippen molar-refractivity contribution in [2.24, 2.45) is 0 Å². The molecule has 0 aliphatic carbocycles. The average Bonchev–Trinajstić information content (AvgIpc) is 3.25. The lowest BCUT2D eigenvalue weighted by molar-refractivity contribution is 0.0694. The largest absolute Gasteiger partial charge is 0.495 e. The van der Waals surface area contributed by atoms with Crippen molar-refractivity contribution in [2.45, 2.75) is 0 Å². The summed E-state index contributed by atoms with van der Waals surface area (Å²) in [4.78, 5) is 16.8. The lowest BCUT2D eigenvalue weighted by Gasteiger charge is -2.14. The van der Waals surface area contributed by atoms with E-state index in [1.54, 1.807) is 18.2 Å². The van der Waals surface area contributed by atoms with Gasteiger partial charge in [-0.25, -0.2) is 9.78 Å². The molecule has 0 amide bonds. The number of rotatable bonds is 5. The quantitative estimate of drug-likeness (QED) is 0.346. The van der Waals surface area contributed by atoms with E-state index in [1.165, 1.54) is 18.4 Å². The third kappa shape index (κ3) is 3.79. The van der Waals surface area contributed by atoms with E-state index in [0.29, 0.717) is 26.2 Å². The number of carboxylic acid groups (broad SMARTS) is 1. The van der Waals surface area contributed by atoms with Gasteiger partial charge in [-0.05, 0) is 29.3 Å². The molecule has 0 spiro atoms. The van der Waals surface area contributed by atoms with Crippen LogP contribution in [0.2, 0.25) is 10.0 Å². The third-order valence-corrected chi connectivity index (χ3v) is 6.23. The van der Waals surface area contributed by atoms with Gasteiger partial charge in [0.15, 0.2) is 0 Å². The van der Waals surface area contributed by atoms with Crippen molar-refractivity contribution < 1.29 is 14.6 Å². The molecule has 0 fully saturated rings. The molecule has 0 atom stereocenters. The van der Waals surface area contributed by atoms with Crippen LogP contribution in [0.4, 0.5) is 0 Å². The molecule has 4 nitrogen and oxygen atoms in total. The maximum atomic E-state index is 12.1.